The molecule has 0 aliphatic heterocycles. The first-order valence-electron chi connectivity index (χ1n) is 32.7. The lowest BCUT2D eigenvalue weighted by atomic mass is 9.82. The van der Waals surface area contributed by atoms with Crippen molar-refractivity contribution in [2.45, 2.75) is 13.8 Å². The van der Waals surface area contributed by atoms with Gasteiger partial charge in [-0.15, -0.1) is 0 Å². The van der Waals surface area contributed by atoms with E-state index in [9.17, 15) is 0 Å². The van der Waals surface area contributed by atoms with Gasteiger partial charge in [-0.25, -0.2) is 0 Å². The number of furan rings is 2. The lowest BCUT2D eigenvalue weighted by Crippen LogP contribution is -1.94. The minimum absolute atomic E-state index is 0.901. The topological polar surface area (TPSA) is 26.3 Å². The summed E-state index contributed by atoms with van der Waals surface area (Å²) in [4.78, 5) is 0. The van der Waals surface area contributed by atoms with Crippen LogP contribution in [-0.2, 0) is 0 Å². The smallest absolute Gasteiger partial charge is 0.136 e. The summed E-state index contributed by atoms with van der Waals surface area (Å²) in [7, 11) is 0. The molecule has 2 heteroatoms. The second-order valence-corrected chi connectivity index (χ2v) is 26.0. The van der Waals surface area contributed by atoms with Crippen molar-refractivity contribution < 1.29 is 8.83 Å². The van der Waals surface area contributed by atoms with Crippen molar-refractivity contribution in [2.24, 2.45) is 0 Å². The highest BCUT2D eigenvalue weighted by atomic mass is 16.3. The van der Waals surface area contributed by atoms with Gasteiger partial charge in [0, 0.05) is 21.5 Å². The van der Waals surface area contributed by atoms with Crippen LogP contribution >= 0.6 is 0 Å². The molecule has 434 valence electrons. The van der Waals surface area contributed by atoms with E-state index in [1.165, 1.54) is 192 Å². The van der Waals surface area contributed by atoms with Crippen LogP contribution in [0.1, 0.15) is 11.1 Å². The second-order valence-electron chi connectivity index (χ2n) is 26.0. The van der Waals surface area contributed by atoms with Crippen molar-refractivity contribution in [1.82, 2.24) is 0 Å². The maximum absolute atomic E-state index is 7.08. The van der Waals surface area contributed by atoms with Crippen molar-refractivity contribution in [3.8, 4) is 111 Å². The van der Waals surface area contributed by atoms with Crippen LogP contribution in [0.5, 0.6) is 0 Å². The Labute approximate surface area is 541 Å². The molecule has 0 saturated carbocycles. The SMILES string of the molecule is Cc1cccc(C)c1-c1ccc2c(ccc3oc4cc5c6c(cccc6c4c32)-c2c-5c(-c3ccc(-c4ccc(-c5c6c(c(-c7ccccc7)c7ccccc57)-c5cc7oc8ccc9ccccc9c8c7c7cccc-6c57)cc4)cc3)c3ccccc3c2-c2ccccc2)c1. The van der Waals surface area contributed by atoms with Gasteiger partial charge in [0.15, 0.2) is 0 Å². The molecule has 0 bridgehead atoms. The Kier molecular flexibility index (Phi) is 10.6. The fourth-order valence-electron chi connectivity index (χ4n) is 17.3. The molecule has 19 aromatic rings. The van der Waals surface area contributed by atoms with Crippen LogP contribution in [0.4, 0.5) is 0 Å². The zero-order valence-electron chi connectivity index (χ0n) is 51.5. The van der Waals surface area contributed by atoms with E-state index in [1.54, 1.807) is 0 Å². The van der Waals surface area contributed by atoms with Crippen molar-refractivity contribution in [3.05, 3.63) is 302 Å². The summed E-state index contributed by atoms with van der Waals surface area (Å²) in [5.74, 6) is 0. The number of rotatable bonds is 6. The molecule has 2 aliphatic rings. The number of hydrogen-bond acceptors (Lipinski definition) is 2. The Morgan fingerprint density at radius 2 is 0.532 bits per heavy atom. The van der Waals surface area contributed by atoms with E-state index in [0.717, 1.165) is 38.8 Å². The molecule has 2 nitrogen and oxygen atoms in total. The van der Waals surface area contributed by atoms with Crippen LogP contribution in [0, 0.1) is 13.8 Å². The van der Waals surface area contributed by atoms with Crippen LogP contribution in [0.15, 0.2) is 300 Å². The lowest BCUT2D eigenvalue weighted by Gasteiger charge is -2.21. The maximum Gasteiger partial charge on any atom is 0.136 e. The first-order valence-corrected chi connectivity index (χ1v) is 32.7. The largest absolute Gasteiger partial charge is 0.456 e. The Balaban J connectivity index is 0.730. The van der Waals surface area contributed by atoms with Crippen molar-refractivity contribution >= 4 is 109 Å². The van der Waals surface area contributed by atoms with Gasteiger partial charge in [0.05, 0.1) is 0 Å². The van der Waals surface area contributed by atoms with Crippen LogP contribution in [0.2, 0.25) is 0 Å². The van der Waals surface area contributed by atoms with E-state index in [2.05, 4.69) is 305 Å². The Morgan fingerprint density at radius 3 is 1.01 bits per heavy atom. The molecule has 0 unspecified atom stereocenters. The standard InChI is InChI=1S/C92H54O2/c1-51-18-15-19-52(2)78(51)61-42-45-63-60(48-61)44-47-75-86(63)88-69-31-17-32-70-84(69)73(50-77(88)94-75)92-82(67-29-14-11-26-64(67)79(89(70)92)56-21-5-3-6-22-56)59-40-36-54(37-41-59)53-34-38-58(39-35-53)81-66-28-13-12-27-65(66)80(57-23-7-4-8-24-57)91-72-49-76-87(68-30-16-33-71(83(68)72)90(81)91)85-62-25-10-9-20-55(62)43-46-74(85)93-76/h3-50H,1-2H3. The molecule has 94 heavy (non-hydrogen) atoms. The highest BCUT2D eigenvalue weighted by Gasteiger charge is 2.35. The molecule has 0 spiro atoms. The van der Waals surface area contributed by atoms with Crippen LogP contribution in [-0.4, -0.2) is 0 Å². The normalized spacial score (nSPS) is 12.4. The molecule has 0 fully saturated rings. The Bertz CT molecular complexity index is 6540. The molecule has 0 saturated heterocycles. The molecule has 21 rings (SSSR count). The van der Waals surface area contributed by atoms with Gasteiger partial charge in [-0.05, 0) is 231 Å². The van der Waals surface area contributed by atoms with Crippen molar-refractivity contribution in [3.63, 3.8) is 0 Å². The number of aryl methyl sites for hydroxylation is 2. The van der Waals surface area contributed by atoms with Gasteiger partial charge in [0.2, 0.25) is 0 Å². The summed E-state index contributed by atoms with van der Waals surface area (Å²) in [6.07, 6.45) is 0. The fraction of sp³-hybridized carbons (Fsp3) is 0.0217. The van der Waals surface area contributed by atoms with Gasteiger partial charge in [-0.3, -0.25) is 0 Å². The van der Waals surface area contributed by atoms with E-state index in [4.69, 9.17) is 8.83 Å². The van der Waals surface area contributed by atoms with Gasteiger partial charge < -0.3 is 8.83 Å². The lowest BCUT2D eigenvalue weighted by molar-refractivity contribution is 0.669. The third kappa shape index (κ3) is 7.04. The second kappa shape index (κ2) is 19.2. The monoisotopic (exact) mass is 1190 g/mol. The quantitative estimate of drug-likeness (QED) is 0.166. The molecule has 17 aromatic carbocycles. The van der Waals surface area contributed by atoms with E-state index in [-0.39, 0.29) is 0 Å². The summed E-state index contributed by atoms with van der Waals surface area (Å²) >= 11 is 0. The molecule has 2 aromatic heterocycles. The number of hydrogen-bond donors (Lipinski definition) is 0. The van der Waals surface area contributed by atoms with Crippen LogP contribution in [0.25, 0.3) is 220 Å². The summed E-state index contributed by atoms with van der Waals surface area (Å²) in [5.41, 5.74) is 30.8. The molecular weight excluding hydrogens is 1140 g/mol. The average molecular weight is 1190 g/mol. The molecule has 0 atom stereocenters. The zero-order valence-corrected chi connectivity index (χ0v) is 51.5. The van der Waals surface area contributed by atoms with E-state index in [0.29, 0.717) is 0 Å². The Hall–Kier alpha value is -12.1. The third-order valence-corrected chi connectivity index (χ3v) is 21.1. The van der Waals surface area contributed by atoms with Gasteiger partial charge >= 0.3 is 0 Å². The summed E-state index contributed by atoms with van der Waals surface area (Å²) in [5, 5.41) is 19.4. The van der Waals surface area contributed by atoms with E-state index in [1.807, 2.05) is 0 Å². The van der Waals surface area contributed by atoms with Crippen molar-refractivity contribution in [1.29, 1.82) is 0 Å². The molecule has 2 aliphatic carbocycles. The average Bonchev–Trinajstić information content (AvgIpc) is 1.54. The molecular formula is C92H54O2. The fourth-order valence-corrected chi connectivity index (χ4v) is 17.3. The van der Waals surface area contributed by atoms with Gasteiger partial charge in [0.25, 0.3) is 0 Å². The van der Waals surface area contributed by atoms with Gasteiger partial charge in [-0.2, -0.15) is 0 Å². The predicted molar refractivity (Wildman–Crippen MR) is 397 cm³/mol. The molecule has 2 heterocycles. The van der Waals surface area contributed by atoms with E-state index < -0.39 is 0 Å². The first kappa shape index (κ1) is 51.6. The Morgan fingerprint density at radius 1 is 0.181 bits per heavy atom. The minimum atomic E-state index is 0.901. The highest BCUT2D eigenvalue weighted by Crippen LogP contribution is 2.62. The number of fused-ring (bicyclic) bond motifs is 20. The summed E-state index contributed by atoms with van der Waals surface area (Å²) in [6.45, 7) is 4.43. The van der Waals surface area contributed by atoms with E-state index >= 15 is 0 Å². The predicted octanol–water partition coefficient (Wildman–Crippen LogP) is 26.3. The van der Waals surface area contributed by atoms with Crippen LogP contribution in [0.3, 0.4) is 0 Å². The summed E-state index contributed by atoms with van der Waals surface area (Å²) < 4.78 is 14.0. The highest BCUT2D eigenvalue weighted by molar-refractivity contribution is 6.37. The first-order chi connectivity index (χ1) is 46.5. The molecule has 0 N–H and O–H groups in total. The van der Waals surface area contributed by atoms with Gasteiger partial charge in [0.1, 0.15) is 22.3 Å². The van der Waals surface area contributed by atoms with Crippen molar-refractivity contribution in [2.75, 3.05) is 0 Å². The number of benzene rings is 17. The maximum atomic E-state index is 7.08. The third-order valence-electron chi connectivity index (χ3n) is 21.1. The zero-order chi connectivity index (χ0) is 61.6. The minimum Gasteiger partial charge on any atom is -0.456 e. The summed E-state index contributed by atoms with van der Waals surface area (Å²) in [6, 6.07) is 108. The van der Waals surface area contributed by atoms with Gasteiger partial charge in [-0.1, -0.05) is 261 Å². The molecule has 0 amide bonds. The van der Waals surface area contributed by atoms with Crippen LogP contribution < -0.4 is 0 Å². The molecule has 0 radical (unpaired) electrons.